The highest BCUT2D eigenvalue weighted by Gasteiger charge is 2.37. The van der Waals surface area contributed by atoms with Gasteiger partial charge in [0.05, 0.1) is 6.20 Å². The molecule has 4 N–H and O–H groups in total. The number of nitrogens with two attached hydrogens (primary N) is 1. The van der Waals surface area contributed by atoms with Crippen molar-refractivity contribution in [1.29, 1.82) is 0 Å². The van der Waals surface area contributed by atoms with Crippen molar-refractivity contribution in [3.05, 3.63) is 12.0 Å². The van der Waals surface area contributed by atoms with Crippen LogP contribution in [0, 0.1) is 12.8 Å². The highest BCUT2D eigenvalue weighted by Crippen LogP contribution is 2.32. The average Bonchev–Trinajstić information content (AvgIpc) is 2.80. The summed E-state index contributed by atoms with van der Waals surface area (Å²) in [6, 6.07) is 0. The molecule has 19 heavy (non-hydrogen) atoms. The van der Waals surface area contributed by atoms with E-state index >= 15 is 0 Å². The van der Waals surface area contributed by atoms with E-state index in [-0.39, 0.29) is 5.03 Å². The van der Waals surface area contributed by atoms with E-state index in [1.807, 2.05) is 0 Å². The SMILES string of the molecule is Cc1ncc(S(=O)(=O)NC2(CN)CCC(C)CC2)[nH]1. The summed E-state index contributed by atoms with van der Waals surface area (Å²) in [5.74, 6) is 1.22. The summed E-state index contributed by atoms with van der Waals surface area (Å²) < 4.78 is 27.4. The van der Waals surface area contributed by atoms with E-state index in [0.29, 0.717) is 18.3 Å². The second kappa shape index (κ2) is 5.22. The predicted octanol–water partition coefficient (Wildman–Crippen LogP) is 0.904. The Morgan fingerprint density at radius 3 is 2.63 bits per heavy atom. The van der Waals surface area contributed by atoms with Crippen molar-refractivity contribution in [3.8, 4) is 0 Å². The number of aromatic amines is 1. The zero-order valence-corrected chi connectivity index (χ0v) is 12.3. The third-order valence-corrected chi connectivity index (χ3v) is 5.43. The predicted molar refractivity (Wildman–Crippen MR) is 73.1 cm³/mol. The van der Waals surface area contributed by atoms with Crippen LogP contribution in [-0.4, -0.2) is 30.5 Å². The van der Waals surface area contributed by atoms with Crippen LogP contribution in [0.3, 0.4) is 0 Å². The van der Waals surface area contributed by atoms with E-state index in [1.54, 1.807) is 6.92 Å². The van der Waals surface area contributed by atoms with Crippen molar-refractivity contribution in [2.75, 3.05) is 6.54 Å². The summed E-state index contributed by atoms with van der Waals surface area (Å²) in [4.78, 5) is 6.68. The topological polar surface area (TPSA) is 101 Å². The molecule has 0 atom stereocenters. The van der Waals surface area contributed by atoms with E-state index in [0.717, 1.165) is 25.7 Å². The van der Waals surface area contributed by atoms with E-state index in [1.165, 1.54) is 6.20 Å². The summed E-state index contributed by atoms with van der Waals surface area (Å²) in [6.07, 6.45) is 4.92. The van der Waals surface area contributed by atoms with Gasteiger partial charge >= 0.3 is 0 Å². The number of hydrogen-bond donors (Lipinski definition) is 3. The number of aromatic nitrogens is 2. The molecule has 1 aliphatic rings. The van der Waals surface area contributed by atoms with E-state index in [4.69, 9.17) is 5.73 Å². The third-order valence-electron chi connectivity index (χ3n) is 3.94. The van der Waals surface area contributed by atoms with Gasteiger partial charge in [-0.1, -0.05) is 6.92 Å². The van der Waals surface area contributed by atoms with Crippen molar-refractivity contribution in [1.82, 2.24) is 14.7 Å². The van der Waals surface area contributed by atoms with Gasteiger partial charge in [0.1, 0.15) is 5.82 Å². The fraction of sp³-hybridized carbons (Fsp3) is 0.750. The Kier molecular flexibility index (Phi) is 3.98. The maximum absolute atomic E-state index is 12.3. The van der Waals surface area contributed by atoms with Crippen LogP contribution in [0.2, 0.25) is 0 Å². The fourth-order valence-electron chi connectivity index (χ4n) is 2.54. The van der Waals surface area contributed by atoms with Gasteiger partial charge in [-0.15, -0.1) is 0 Å². The average molecular weight is 286 g/mol. The first kappa shape index (κ1) is 14.5. The molecule has 1 aromatic rings. The minimum Gasteiger partial charge on any atom is -0.332 e. The number of aryl methyl sites for hydroxylation is 1. The van der Waals surface area contributed by atoms with E-state index in [9.17, 15) is 8.42 Å². The van der Waals surface area contributed by atoms with Gasteiger partial charge in [-0.3, -0.25) is 0 Å². The maximum atomic E-state index is 12.3. The van der Waals surface area contributed by atoms with Crippen LogP contribution in [0.25, 0.3) is 0 Å². The second-order valence-corrected chi connectivity index (χ2v) is 7.26. The van der Waals surface area contributed by atoms with Crippen molar-refractivity contribution >= 4 is 10.0 Å². The Morgan fingerprint density at radius 1 is 1.53 bits per heavy atom. The van der Waals surface area contributed by atoms with Gasteiger partial charge in [-0.05, 0) is 38.5 Å². The molecular weight excluding hydrogens is 264 g/mol. The van der Waals surface area contributed by atoms with Gasteiger partial charge < -0.3 is 10.7 Å². The van der Waals surface area contributed by atoms with Gasteiger partial charge in [0.15, 0.2) is 5.03 Å². The van der Waals surface area contributed by atoms with Crippen LogP contribution in [-0.2, 0) is 10.0 Å². The number of imidazole rings is 1. The third kappa shape index (κ3) is 3.16. The highest BCUT2D eigenvalue weighted by molar-refractivity contribution is 7.89. The minimum absolute atomic E-state index is 0.108. The molecule has 6 nitrogen and oxygen atoms in total. The quantitative estimate of drug-likeness (QED) is 0.765. The van der Waals surface area contributed by atoms with Crippen LogP contribution in [0.4, 0.5) is 0 Å². The standard InChI is InChI=1S/C12H22N4O2S/c1-9-3-5-12(8-13,6-4-9)16-19(17,18)11-7-14-10(2)15-11/h7,9,16H,3-6,8,13H2,1-2H3,(H,14,15). The lowest BCUT2D eigenvalue weighted by atomic mass is 9.78. The number of sulfonamides is 1. The lowest BCUT2D eigenvalue weighted by Gasteiger charge is -2.38. The molecule has 7 heteroatoms. The molecule has 1 aliphatic carbocycles. The minimum atomic E-state index is -3.58. The van der Waals surface area contributed by atoms with Crippen molar-refractivity contribution in [2.45, 2.75) is 50.1 Å². The molecule has 0 aliphatic heterocycles. The lowest BCUT2D eigenvalue weighted by molar-refractivity contribution is 0.231. The van der Waals surface area contributed by atoms with Crippen LogP contribution < -0.4 is 10.5 Å². The summed E-state index contributed by atoms with van der Waals surface area (Å²) in [5.41, 5.74) is 5.31. The largest absolute Gasteiger partial charge is 0.332 e. The van der Waals surface area contributed by atoms with Crippen molar-refractivity contribution < 1.29 is 8.42 Å². The summed E-state index contributed by atoms with van der Waals surface area (Å²) >= 11 is 0. The van der Waals surface area contributed by atoms with Crippen molar-refractivity contribution in [3.63, 3.8) is 0 Å². The van der Waals surface area contributed by atoms with Crippen LogP contribution in [0.5, 0.6) is 0 Å². The monoisotopic (exact) mass is 286 g/mol. The molecule has 0 bridgehead atoms. The summed E-state index contributed by atoms with van der Waals surface area (Å²) in [6.45, 7) is 4.24. The van der Waals surface area contributed by atoms with Crippen LogP contribution in [0.1, 0.15) is 38.4 Å². The molecule has 1 saturated carbocycles. The molecule has 0 amide bonds. The summed E-state index contributed by atoms with van der Waals surface area (Å²) in [5, 5.41) is 0.108. The number of H-pyrrole nitrogens is 1. The van der Waals surface area contributed by atoms with Crippen LogP contribution >= 0.6 is 0 Å². The van der Waals surface area contributed by atoms with E-state index in [2.05, 4.69) is 21.6 Å². The second-order valence-electron chi connectivity index (χ2n) is 5.61. The normalized spacial score (nSPS) is 28.5. The Bertz CT molecular complexity index is 530. The maximum Gasteiger partial charge on any atom is 0.258 e. The molecular formula is C12H22N4O2S. The smallest absolute Gasteiger partial charge is 0.258 e. The molecule has 0 saturated heterocycles. The Morgan fingerprint density at radius 2 is 2.16 bits per heavy atom. The van der Waals surface area contributed by atoms with Gasteiger partial charge in [0.25, 0.3) is 10.0 Å². The number of nitrogens with zero attached hydrogens (tertiary/aromatic N) is 1. The lowest BCUT2D eigenvalue weighted by Crippen LogP contribution is -2.55. The number of hydrogen-bond acceptors (Lipinski definition) is 4. The van der Waals surface area contributed by atoms with E-state index < -0.39 is 15.6 Å². The molecule has 1 aromatic heterocycles. The summed E-state index contributed by atoms with van der Waals surface area (Å²) in [7, 11) is -3.58. The van der Waals surface area contributed by atoms with Gasteiger partial charge in [-0.2, -0.15) is 0 Å². The Labute approximate surface area is 114 Å². The molecule has 1 heterocycles. The molecule has 1 fully saturated rings. The molecule has 0 spiro atoms. The van der Waals surface area contributed by atoms with Gasteiger partial charge in [-0.25, -0.2) is 18.1 Å². The zero-order valence-electron chi connectivity index (χ0n) is 11.4. The Balaban J connectivity index is 2.18. The fourth-order valence-corrected chi connectivity index (χ4v) is 3.98. The molecule has 0 radical (unpaired) electrons. The number of rotatable bonds is 4. The van der Waals surface area contributed by atoms with Gasteiger partial charge in [0, 0.05) is 12.1 Å². The molecule has 2 rings (SSSR count). The van der Waals surface area contributed by atoms with Gasteiger partial charge in [0.2, 0.25) is 0 Å². The first-order chi connectivity index (χ1) is 8.87. The first-order valence-electron chi connectivity index (χ1n) is 6.62. The molecule has 0 aromatic carbocycles. The van der Waals surface area contributed by atoms with Crippen LogP contribution in [0.15, 0.2) is 11.2 Å². The molecule has 0 unspecified atom stereocenters. The zero-order chi connectivity index (χ0) is 14.1. The van der Waals surface area contributed by atoms with Crippen molar-refractivity contribution in [2.24, 2.45) is 11.7 Å². The Hall–Kier alpha value is -0.920. The molecule has 108 valence electrons. The highest BCUT2D eigenvalue weighted by atomic mass is 32.2. The number of nitrogens with one attached hydrogen (secondary N) is 2. The first-order valence-corrected chi connectivity index (χ1v) is 8.11.